The van der Waals surface area contributed by atoms with Crippen LogP contribution in [0.25, 0.3) is 0 Å². The first-order valence-electron chi connectivity index (χ1n) is 7.85. The van der Waals surface area contributed by atoms with Gasteiger partial charge in [-0.15, -0.1) is 6.42 Å². The van der Waals surface area contributed by atoms with Crippen molar-refractivity contribution in [2.45, 2.75) is 50.7 Å². The number of hydrogen-bond acceptors (Lipinski definition) is 6. The van der Waals surface area contributed by atoms with Gasteiger partial charge in [0.2, 0.25) is 0 Å². The van der Waals surface area contributed by atoms with E-state index in [9.17, 15) is 14.4 Å². The lowest BCUT2D eigenvalue weighted by molar-refractivity contribution is 0.0431. The van der Waals surface area contributed by atoms with Crippen molar-refractivity contribution < 1.29 is 19.1 Å². The summed E-state index contributed by atoms with van der Waals surface area (Å²) in [7, 11) is 0. The van der Waals surface area contributed by atoms with Crippen LogP contribution in [0.4, 0.5) is 15.4 Å². The molecule has 2 saturated carbocycles. The van der Waals surface area contributed by atoms with Gasteiger partial charge in [-0.2, -0.15) is 4.90 Å². The quantitative estimate of drug-likeness (QED) is 0.849. The van der Waals surface area contributed by atoms with Crippen LogP contribution in [0.5, 0.6) is 0 Å². The van der Waals surface area contributed by atoms with E-state index in [1.807, 2.05) is 0 Å². The summed E-state index contributed by atoms with van der Waals surface area (Å²) in [6, 6.07) is 0. The van der Waals surface area contributed by atoms with Crippen molar-refractivity contribution >= 4 is 18.0 Å². The number of carbonyl (C=O) groups is 2. The van der Waals surface area contributed by atoms with Gasteiger partial charge in [-0.05, 0) is 38.5 Å². The lowest BCUT2D eigenvalue weighted by Gasteiger charge is -2.31. The molecular formula is C16H17N3O5. The molecule has 2 fully saturated rings. The van der Waals surface area contributed by atoms with E-state index in [0.29, 0.717) is 4.90 Å². The number of rotatable bonds is 3. The highest BCUT2D eigenvalue weighted by atomic mass is 16.6. The zero-order valence-electron chi connectivity index (χ0n) is 13.0. The Morgan fingerprint density at radius 1 is 1.17 bits per heavy atom. The summed E-state index contributed by atoms with van der Waals surface area (Å²) in [4.78, 5) is 42.9. The fraction of sp³-hybridized carbons (Fsp3) is 0.500. The molecule has 2 aliphatic rings. The highest BCUT2D eigenvalue weighted by Gasteiger charge is 2.35. The summed E-state index contributed by atoms with van der Waals surface area (Å²) in [6.07, 6.45) is 9.09. The maximum Gasteiger partial charge on any atom is 0.425 e. The van der Waals surface area contributed by atoms with E-state index < -0.39 is 17.9 Å². The maximum atomic E-state index is 12.4. The van der Waals surface area contributed by atoms with E-state index in [2.05, 4.69) is 15.9 Å². The SMILES string of the molecule is C#Cc1cnc(=O)[nH]c1N(C(=O)OC1CCC1)C(=O)OC1CCC1. The third-order valence-electron chi connectivity index (χ3n) is 4.17. The zero-order valence-corrected chi connectivity index (χ0v) is 13.0. The van der Waals surface area contributed by atoms with Crippen LogP contribution in [0.15, 0.2) is 11.0 Å². The number of ether oxygens (including phenoxy) is 2. The van der Waals surface area contributed by atoms with E-state index in [-0.39, 0.29) is 23.6 Å². The van der Waals surface area contributed by atoms with Gasteiger partial charge in [0.05, 0.1) is 11.8 Å². The van der Waals surface area contributed by atoms with Crippen molar-refractivity contribution in [1.29, 1.82) is 0 Å². The van der Waals surface area contributed by atoms with Crippen LogP contribution >= 0.6 is 0 Å². The molecule has 0 radical (unpaired) electrons. The topological polar surface area (TPSA) is 102 Å². The predicted molar refractivity (Wildman–Crippen MR) is 83.5 cm³/mol. The van der Waals surface area contributed by atoms with Crippen LogP contribution in [-0.2, 0) is 9.47 Å². The lowest BCUT2D eigenvalue weighted by atomic mass is 9.96. The fourth-order valence-corrected chi connectivity index (χ4v) is 2.29. The standard InChI is InChI=1S/C16H17N3O5/c1-2-10-9-17-14(20)18-13(10)19(15(21)23-11-5-3-6-11)16(22)24-12-7-4-8-12/h1,9,11-12H,3-8H2,(H,17,18,20). The van der Waals surface area contributed by atoms with Crippen LogP contribution < -0.4 is 10.6 Å². The minimum atomic E-state index is -0.914. The summed E-state index contributed by atoms with van der Waals surface area (Å²) >= 11 is 0. The molecule has 0 aliphatic heterocycles. The first-order valence-corrected chi connectivity index (χ1v) is 7.85. The molecule has 24 heavy (non-hydrogen) atoms. The minimum Gasteiger partial charge on any atom is -0.445 e. The Kier molecular flexibility index (Phi) is 4.51. The van der Waals surface area contributed by atoms with Gasteiger partial charge in [-0.3, -0.25) is 4.98 Å². The lowest BCUT2D eigenvalue weighted by Crippen LogP contribution is -2.44. The number of terminal acetylenes is 1. The Morgan fingerprint density at radius 2 is 1.71 bits per heavy atom. The largest absolute Gasteiger partial charge is 0.445 e. The van der Waals surface area contributed by atoms with Crippen molar-refractivity contribution in [2.24, 2.45) is 0 Å². The number of amides is 2. The zero-order chi connectivity index (χ0) is 17.1. The number of anilines is 1. The number of H-pyrrole nitrogens is 1. The molecule has 0 aromatic carbocycles. The molecule has 8 nitrogen and oxygen atoms in total. The van der Waals surface area contributed by atoms with E-state index in [0.717, 1.165) is 44.7 Å². The van der Waals surface area contributed by atoms with Gasteiger partial charge < -0.3 is 9.47 Å². The van der Waals surface area contributed by atoms with Gasteiger partial charge in [0.1, 0.15) is 18.0 Å². The smallest absolute Gasteiger partial charge is 0.425 e. The molecule has 0 bridgehead atoms. The van der Waals surface area contributed by atoms with Gasteiger partial charge in [-0.25, -0.2) is 19.4 Å². The molecule has 1 aromatic heterocycles. The summed E-state index contributed by atoms with van der Waals surface area (Å²) in [6.45, 7) is 0. The van der Waals surface area contributed by atoms with Gasteiger partial charge in [-0.1, -0.05) is 5.92 Å². The van der Waals surface area contributed by atoms with E-state index in [1.165, 1.54) is 0 Å². The second-order valence-corrected chi connectivity index (χ2v) is 5.80. The van der Waals surface area contributed by atoms with Crippen molar-refractivity contribution in [3.8, 4) is 12.3 Å². The first kappa shape index (κ1) is 16.1. The number of imide groups is 1. The summed E-state index contributed by atoms with van der Waals surface area (Å²) in [5.74, 6) is 2.12. The van der Waals surface area contributed by atoms with Crippen molar-refractivity contribution in [1.82, 2.24) is 9.97 Å². The van der Waals surface area contributed by atoms with Gasteiger partial charge in [0, 0.05) is 0 Å². The summed E-state index contributed by atoms with van der Waals surface area (Å²) in [5.41, 5.74) is -0.646. The minimum absolute atomic E-state index is 0.0886. The molecule has 8 heteroatoms. The average Bonchev–Trinajstić information content (AvgIpc) is 2.47. The first-order chi connectivity index (χ1) is 11.6. The number of hydrogen-bond donors (Lipinski definition) is 1. The van der Waals surface area contributed by atoms with Crippen molar-refractivity contribution in [2.75, 3.05) is 4.90 Å². The number of nitrogens with zero attached hydrogens (tertiary/aromatic N) is 2. The Morgan fingerprint density at radius 3 is 2.12 bits per heavy atom. The third kappa shape index (κ3) is 3.25. The molecule has 1 aromatic rings. The molecule has 3 rings (SSSR count). The van der Waals surface area contributed by atoms with Crippen LogP contribution in [0, 0.1) is 12.3 Å². The maximum absolute atomic E-state index is 12.4. The Balaban J connectivity index is 1.89. The van der Waals surface area contributed by atoms with E-state index in [4.69, 9.17) is 15.9 Å². The Labute approximate surface area is 138 Å². The number of carbonyl (C=O) groups excluding carboxylic acids is 2. The summed E-state index contributed by atoms with van der Waals surface area (Å²) in [5, 5.41) is 0. The molecule has 2 aliphatic carbocycles. The monoisotopic (exact) mass is 331 g/mol. The Bertz CT molecular complexity index is 715. The second-order valence-electron chi connectivity index (χ2n) is 5.80. The van der Waals surface area contributed by atoms with Crippen LogP contribution in [0.1, 0.15) is 44.1 Å². The predicted octanol–water partition coefficient (Wildman–Crippen LogP) is 1.94. The molecule has 0 unspecified atom stereocenters. The second kappa shape index (κ2) is 6.74. The normalized spacial score (nSPS) is 17.1. The molecule has 0 atom stereocenters. The highest BCUT2D eigenvalue weighted by molar-refractivity contribution is 6.09. The molecule has 1 heterocycles. The number of aromatic nitrogens is 2. The number of aromatic amines is 1. The van der Waals surface area contributed by atoms with Crippen LogP contribution in [0.2, 0.25) is 0 Å². The summed E-state index contributed by atoms with van der Waals surface area (Å²) < 4.78 is 10.5. The molecule has 2 amide bonds. The molecule has 126 valence electrons. The van der Waals surface area contributed by atoms with Crippen molar-refractivity contribution in [3.63, 3.8) is 0 Å². The van der Waals surface area contributed by atoms with E-state index >= 15 is 0 Å². The molecule has 0 saturated heterocycles. The van der Waals surface area contributed by atoms with Gasteiger partial charge >= 0.3 is 17.9 Å². The average molecular weight is 331 g/mol. The molecule has 0 spiro atoms. The molecule has 1 N–H and O–H groups in total. The fourth-order valence-electron chi connectivity index (χ4n) is 2.29. The number of nitrogens with one attached hydrogen (secondary N) is 1. The van der Waals surface area contributed by atoms with Crippen molar-refractivity contribution in [3.05, 3.63) is 22.2 Å². The van der Waals surface area contributed by atoms with E-state index in [1.54, 1.807) is 0 Å². The van der Waals surface area contributed by atoms with Gasteiger partial charge in [0.15, 0.2) is 0 Å². The third-order valence-corrected chi connectivity index (χ3v) is 4.17. The van der Waals surface area contributed by atoms with Gasteiger partial charge in [0.25, 0.3) is 0 Å². The van der Waals surface area contributed by atoms with Crippen LogP contribution in [0.3, 0.4) is 0 Å². The Hall–Kier alpha value is -2.82. The van der Waals surface area contributed by atoms with Crippen LogP contribution in [-0.4, -0.2) is 34.4 Å². The molecular weight excluding hydrogens is 314 g/mol. The highest BCUT2D eigenvalue weighted by Crippen LogP contribution is 2.27.